The largest absolute Gasteiger partial charge is 0.465 e. The third kappa shape index (κ3) is 5.22. The molecule has 0 aromatic heterocycles. The van der Waals surface area contributed by atoms with Crippen molar-refractivity contribution >= 4 is 11.7 Å². The molecule has 0 bridgehead atoms. The monoisotopic (exact) mass is 187 g/mol. The van der Waals surface area contributed by atoms with Gasteiger partial charge >= 0.3 is 5.97 Å². The van der Waals surface area contributed by atoms with Gasteiger partial charge in [0.25, 0.3) is 0 Å². The van der Waals surface area contributed by atoms with Gasteiger partial charge in [-0.2, -0.15) is 0 Å². The molecule has 0 aliphatic carbocycles. The first-order chi connectivity index (χ1) is 6.11. The second-order valence-electron chi connectivity index (χ2n) is 2.82. The number of rotatable bonds is 5. The van der Waals surface area contributed by atoms with Gasteiger partial charge in [-0.3, -0.25) is 4.79 Å². The molecule has 4 heteroatoms. The van der Waals surface area contributed by atoms with Gasteiger partial charge in [0.2, 0.25) is 0 Å². The van der Waals surface area contributed by atoms with Gasteiger partial charge in [0.1, 0.15) is 7.11 Å². The molecule has 0 amide bonds. The molecule has 1 atom stereocenters. The summed E-state index contributed by atoms with van der Waals surface area (Å²) in [5, 5.41) is 3.80. The van der Waals surface area contributed by atoms with Gasteiger partial charge in [-0.15, -0.1) is 0 Å². The second-order valence-corrected chi connectivity index (χ2v) is 2.82. The van der Waals surface area contributed by atoms with E-state index in [1.807, 2.05) is 13.8 Å². The Morgan fingerprint density at radius 3 is 2.46 bits per heavy atom. The van der Waals surface area contributed by atoms with Crippen molar-refractivity contribution in [3.63, 3.8) is 0 Å². The van der Waals surface area contributed by atoms with Crippen molar-refractivity contribution in [2.45, 2.75) is 27.2 Å². The van der Waals surface area contributed by atoms with E-state index in [0.29, 0.717) is 6.61 Å². The maximum absolute atomic E-state index is 10.6. The van der Waals surface area contributed by atoms with Crippen LogP contribution in [-0.2, 0) is 14.4 Å². The molecule has 76 valence electrons. The van der Waals surface area contributed by atoms with Gasteiger partial charge in [-0.05, 0) is 13.3 Å². The van der Waals surface area contributed by atoms with E-state index in [4.69, 9.17) is 4.74 Å². The number of nitrogens with zero attached hydrogens (tertiary/aromatic N) is 1. The molecule has 0 aliphatic heterocycles. The first-order valence-electron chi connectivity index (χ1n) is 4.32. The lowest BCUT2D eigenvalue weighted by molar-refractivity contribution is -0.141. The summed E-state index contributed by atoms with van der Waals surface area (Å²) < 4.78 is 4.89. The number of hydrogen-bond donors (Lipinski definition) is 0. The molecule has 13 heavy (non-hydrogen) atoms. The minimum Gasteiger partial charge on any atom is -0.465 e. The van der Waals surface area contributed by atoms with Crippen molar-refractivity contribution < 1.29 is 14.4 Å². The molecular formula is C9H17NO3. The zero-order valence-corrected chi connectivity index (χ0v) is 8.66. The molecule has 1 unspecified atom stereocenters. The number of carbonyl (C=O) groups excluding carboxylic acids is 1. The molecule has 0 fully saturated rings. The Labute approximate surface area is 78.9 Å². The number of esters is 1. The second kappa shape index (κ2) is 6.46. The summed E-state index contributed by atoms with van der Waals surface area (Å²) in [5.41, 5.74) is 0.853. The zero-order chi connectivity index (χ0) is 10.3. The van der Waals surface area contributed by atoms with E-state index in [9.17, 15) is 4.79 Å². The van der Waals surface area contributed by atoms with E-state index in [1.54, 1.807) is 0 Å². The molecule has 0 N–H and O–H groups in total. The van der Waals surface area contributed by atoms with Crippen LogP contribution in [0.2, 0.25) is 0 Å². The number of hydrogen-bond acceptors (Lipinski definition) is 4. The average Bonchev–Trinajstić information content (AvgIpc) is 2.05. The lowest BCUT2D eigenvalue weighted by Gasteiger charge is -2.13. The van der Waals surface area contributed by atoms with Crippen molar-refractivity contribution in [2.24, 2.45) is 11.1 Å². The normalized spacial score (nSPS) is 13.7. The quantitative estimate of drug-likeness (QED) is 0.373. The Morgan fingerprint density at radius 1 is 1.46 bits per heavy atom. The van der Waals surface area contributed by atoms with Crippen molar-refractivity contribution in [1.82, 2.24) is 0 Å². The minimum absolute atomic E-state index is 0.156. The number of oxime groups is 1. The third-order valence-corrected chi connectivity index (χ3v) is 1.81. The van der Waals surface area contributed by atoms with Gasteiger partial charge in [-0.1, -0.05) is 12.1 Å². The fourth-order valence-corrected chi connectivity index (χ4v) is 0.970. The van der Waals surface area contributed by atoms with Crippen LogP contribution in [0.1, 0.15) is 27.2 Å². The fourth-order valence-electron chi connectivity index (χ4n) is 0.970. The summed E-state index contributed by atoms with van der Waals surface area (Å²) in [7, 11) is 1.50. The first kappa shape index (κ1) is 11.9. The summed E-state index contributed by atoms with van der Waals surface area (Å²) in [5.74, 6) is -0.104. The highest BCUT2D eigenvalue weighted by Gasteiger charge is 2.12. The van der Waals surface area contributed by atoms with Crippen LogP contribution in [0, 0.1) is 5.92 Å². The van der Waals surface area contributed by atoms with Crippen LogP contribution in [0.3, 0.4) is 0 Å². The number of carbonyl (C=O) groups is 1. The van der Waals surface area contributed by atoms with Gasteiger partial charge < -0.3 is 9.57 Å². The topological polar surface area (TPSA) is 47.9 Å². The summed E-state index contributed by atoms with van der Waals surface area (Å²) in [6, 6.07) is 0. The first-order valence-corrected chi connectivity index (χ1v) is 4.32. The van der Waals surface area contributed by atoms with Crippen LogP contribution in [0.5, 0.6) is 0 Å². The Morgan fingerprint density at radius 2 is 2.08 bits per heavy atom. The minimum atomic E-state index is -0.260. The van der Waals surface area contributed by atoms with Crippen molar-refractivity contribution in [1.29, 1.82) is 0 Å². The molecule has 4 nitrogen and oxygen atoms in total. The van der Waals surface area contributed by atoms with Crippen LogP contribution >= 0.6 is 0 Å². The van der Waals surface area contributed by atoms with E-state index < -0.39 is 0 Å². The lowest BCUT2D eigenvalue weighted by atomic mass is 10.0. The molecule has 0 radical (unpaired) electrons. The molecule has 0 aromatic carbocycles. The zero-order valence-electron chi connectivity index (χ0n) is 8.66. The predicted molar refractivity (Wildman–Crippen MR) is 50.5 cm³/mol. The summed E-state index contributed by atoms with van der Waals surface area (Å²) in [6.45, 7) is 5.66. The van der Waals surface area contributed by atoms with Gasteiger partial charge in [0, 0.05) is 12.8 Å². The van der Waals surface area contributed by atoms with E-state index in [-0.39, 0.29) is 11.9 Å². The SMILES string of the molecule is CCC(COC(C)=O)/C(C)=N/OC. The van der Waals surface area contributed by atoms with E-state index in [1.165, 1.54) is 14.0 Å². The number of ether oxygens (including phenoxy) is 1. The highest BCUT2D eigenvalue weighted by Crippen LogP contribution is 2.06. The predicted octanol–water partition coefficient (Wildman–Crippen LogP) is 1.60. The summed E-state index contributed by atoms with van der Waals surface area (Å²) in [6.07, 6.45) is 0.881. The summed E-state index contributed by atoms with van der Waals surface area (Å²) in [4.78, 5) is 15.2. The van der Waals surface area contributed by atoms with Gasteiger partial charge in [-0.25, -0.2) is 0 Å². The Hall–Kier alpha value is -1.06. The highest BCUT2D eigenvalue weighted by atomic mass is 16.6. The van der Waals surface area contributed by atoms with Crippen molar-refractivity contribution in [3.8, 4) is 0 Å². The molecule has 0 saturated heterocycles. The smallest absolute Gasteiger partial charge is 0.302 e. The van der Waals surface area contributed by atoms with Gasteiger partial charge in [0.05, 0.1) is 12.3 Å². The van der Waals surface area contributed by atoms with E-state index in [2.05, 4.69) is 9.99 Å². The molecule has 0 aliphatic rings. The van der Waals surface area contributed by atoms with Crippen LogP contribution in [-0.4, -0.2) is 25.4 Å². The van der Waals surface area contributed by atoms with Crippen LogP contribution in [0.4, 0.5) is 0 Å². The van der Waals surface area contributed by atoms with E-state index >= 15 is 0 Å². The van der Waals surface area contributed by atoms with Crippen LogP contribution in [0.15, 0.2) is 5.16 Å². The highest BCUT2D eigenvalue weighted by molar-refractivity contribution is 5.84. The van der Waals surface area contributed by atoms with E-state index in [0.717, 1.165) is 12.1 Å². The lowest BCUT2D eigenvalue weighted by Crippen LogP contribution is -2.18. The fraction of sp³-hybridized carbons (Fsp3) is 0.778. The standard InChI is InChI=1S/C9H17NO3/c1-5-9(6-13-8(3)11)7(2)10-12-4/h9H,5-6H2,1-4H3/b10-7+. The van der Waals surface area contributed by atoms with Crippen LogP contribution in [0.25, 0.3) is 0 Å². The molecule has 0 spiro atoms. The van der Waals surface area contributed by atoms with Crippen molar-refractivity contribution in [3.05, 3.63) is 0 Å². The van der Waals surface area contributed by atoms with Crippen LogP contribution < -0.4 is 0 Å². The Bertz CT molecular complexity index is 189. The Kier molecular flexibility index (Phi) is 5.93. The maximum Gasteiger partial charge on any atom is 0.302 e. The molecular weight excluding hydrogens is 170 g/mol. The molecule has 0 rings (SSSR count). The van der Waals surface area contributed by atoms with Crippen molar-refractivity contribution in [2.75, 3.05) is 13.7 Å². The average molecular weight is 187 g/mol. The molecule has 0 aromatic rings. The van der Waals surface area contributed by atoms with Gasteiger partial charge in [0.15, 0.2) is 0 Å². The third-order valence-electron chi connectivity index (χ3n) is 1.81. The maximum atomic E-state index is 10.6. The molecule has 0 heterocycles. The summed E-state index contributed by atoms with van der Waals surface area (Å²) >= 11 is 0. The Balaban J connectivity index is 4.02. The molecule has 0 saturated carbocycles.